The van der Waals surface area contributed by atoms with E-state index in [1.807, 2.05) is 12.1 Å². The number of carbonyl (C=O) groups excluding carboxylic acids is 1. The van der Waals surface area contributed by atoms with Crippen LogP contribution in [0.15, 0.2) is 60.4 Å². The van der Waals surface area contributed by atoms with Crippen LogP contribution in [0.5, 0.6) is 0 Å². The molecule has 0 radical (unpaired) electrons. The molecule has 0 bridgehead atoms. The molecule has 0 saturated heterocycles. The lowest BCUT2D eigenvalue weighted by molar-refractivity contribution is -0.384. The number of nitrogens with one attached hydrogen (secondary N) is 1. The number of allylic oxidation sites excluding steroid dienone is 1. The van der Waals surface area contributed by atoms with Gasteiger partial charge in [0.2, 0.25) is 5.91 Å². The van der Waals surface area contributed by atoms with E-state index in [1.165, 1.54) is 30.0 Å². The van der Waals surface area contributed by atoms with E-state index in [0.29, 0.717) is 23.2 Å². The SMILES string of the molecule is C=CCn1c(SCC(=O)Nc2cc([N+](=O)[O-])ccc2Cl)nnc1-c1ccccn1. The molecule has 1 N–H and O–H groups in total. The predicted octanol–water partition coefficient (Wildman–Crippen LogP) is 3.82. The van der Waals surface area contributed by atoms with E-state index >= 15 is 0 Å². The summed E-state index contributed by atoms with van der Waals surface area (Å²) in [5.41, 5.74) is 0.665. The van der Waals surface area contributed by atoms with Crippen molar-refractivity contribution in [1.29, 1.82) is 0 Å². The summed E-state index contributed by atoms with van der Waals surface area (Å²) in [6.45, 7) is 4.18. The number of nitrogens with zero attached hydrogens (tertiary/aromatic N) is 5. The van der Waals surface area contributed by atoms with Crippen LogP contribution < -0.4 is 5.32 Å². The van der Waals surface area contributed by atoms with E-state index in [4.69, 9.17) is 11.6 Å². The van der Waals surface area contributed by atoms with Gasteiger partial charge in [-0.15, -0.1) is 16.8 Å². The van der Waals surface area contributed by atoms with Crippen LogP contribution >= 0.6 is 23.4 Å². The second-order valence-electron chi connectivity index (χ2n) is 5.68. The van der Waals surface area contributed by atoms with E-state index in [-0.39, 0.29) is 28.1 Å². The first kappa shape index (κ1) is 20.5. The quantitative estimate of drug-likeness (QED) is 0.250. The van der Waals surface area contributed by atoms with Gasteiger partial charge in [-0.05, 0) is 18.2 Å². The van der Waals surface area contributed by atoms with Crippen LogP contribution in [0.2, 0.25) is 5.02 Å². The molecule has 0 aliphatic carbocycles. The van der Waals surface area contributed by atoms with Gasteiger partial charge in [-0.2, -0.15) is 0 Å². The Hall–Kier alpha value is -3.24. The summed E-state index contributed by atoms with van der Waals surface area (Å²) in [5.74, 6) is 0.191. The van der Waals surface area contributed by atoms with Crippen molar-refractivity contribution in [3.63, 3.8) is 0 Å². The van der Waals surface area contributed by atoms with Gasteiger partial charge in [-0.3, -0.25) is 24.5 Å². The smallest absolute Gasteiger partial charge is 0.271 e. The lowest BCUT2D eigenvalue weighted by Crippen LogP contribution is -2.15. The molecular weight excluding hydrogens is 416 g/mol. The Balaban J connectivity index is 1.72. The average molecular weight is 431 g/mol. The molecule has 0 aliphatic rings. The molecule has 1 aromatic carbocycles. The summed E-state index contributed by atoms with van der Waals surface area (Å²) < 4.78 is 1.80. The zero-order chi connectivity index (χ0) is 20.8. The fraction of sp³-hybridized carbons (Fsp3) is 0.111. The highest BCUT2D eigenvalue weighted by Gasteiger charge is 2.17. The molecule has 9 nitrogen and oxygen atoms in total. The van der Waals surface area contributed by atoms with Gasteiger partial charge in [-0.25, -0.2) is 0 Å². The highest BCUT2D eigenvalue weighted by Crippen LogP contribution is 2.27. The van der Waals surface area contributed by atoms with Gasteiger partial charge in [0.1, 0.15) is 5.69 Å². The number of halogens is 1. The van der Waals surface area contributed by atoms with Crippen LogP contribution in [0, 0.1) is 10.1 Å². The van der Waals surface area contributed by atoms with Crippen molar-refractivity contribution in [3.8, 4) is 11.5 Å². The number of amides is 1. The number of thioether (sulfide) groups is 1. The van der Waals surface area contributed by atoms with Crippen LogP contribution in [0.25, 0.3) is 11.5 Å². The zero-order valence-corrected chi connectivity index (χ0v) is 16.6. The molecular formula is C18H15ClN6O3S. The van der Waals surface area contributed by atoms with Crippen molar-refractivity contribution >= 4 is 40.6 Å². The second-order valence-corrected chi connectivity index (χ2v) is 7.03. The number of nitro groups is 1. The fourth-order valence-electron chi connectivity index (χ4n) is 2.41. The maximum atomic E-state index is 12.3. The Labute approximate surface area is 175 Å². The van der Waals surface area contributed by atoms with Gasteiger partial charge in [0.25, 0.3) is 5.69 Å². The van der Waals surface area contributed by atoms with Crippen molar-refractivity contribution in [2.45, 2.75) is 11.7 Å². The van der Waals surface area contributed by atoms with Crippen molar-refractivity contribution in [1.82, 2.24) is 19.7 Å². The summed E-state index contributed by atoms with van der Waals surface area (Å²) in [6, 6.07) is 9.31. The van der Waals surface area contributed by atoms with Crippen LogP contribution in [0.3, 0.4) is 0 Å². The summed E-state index contributed by atoms with van der Waals surface area (Å²) >= 11 is 7.18. The van der Waals surface area contributed by atoms with Gasteiger partial charge >= 0.3 is 0 Å². The number of rotatable bonds is 8. The lowest BCUT2D eigenvalue weighted by Gasteiger charge is -2.08. The number of hydrogen-bond acceptors (Lipinski definition) is 7. The van der Waals surface area contributed by atoms with E-state index < -0.39 is 4.92 Å². The molecule has 0 atom stereocenters. The van der Waals surface area contributed by atoms with Gasteiger partial charge in [0.05, 0.1) is 21.4 Å². The van der Waals surface area contributed by atoms with Crippen molar-refractivity contribution in [2.24, 2.45) is 0 Å². The number of aromatic nitrogens is 4. The normalized spacial score (nSPS) is 10.5. The Morgan fingerprint density at radius 3 is 2.86 bits per heavy atom. The number of non-ortho nitro benzene ring substituents is 1. The number of carbonyl (C=O) groups is 1. The number of anilines is 1. The Morgan fingerprint density at radius 1 is 1.34 bits per heavy atom. The first-order valence-electron chi connectivity index (χ1n) is 8.31. The summed E-state index contributed by atoms with van der Waals surface area (Å²) in [4.78, 5) is 26.9. The molecule has 0 aliphatic heterocycles. The molecule has 0 saturated carbocycles. The zero-order valence-electron chi connectivity index (χ0n) is 15.0. The highest BCUT2D eigenvalue weighted by atomic mass is 35.5. The third-order valence-corrected chi connectivity index (χ3v) is 4.99. The molecule has 0 unspecified atom stereocenters. The van der Waals surface area contributed by atoms with E-state index in [2.05, 4.69) is 27.1 Å². The topological polar surface area (TPSA) is 116 Å². The number of pyridine rings is 1. The van der Waals surface area contributed by atoms with Gasteiger partial charge in [0, 0.05) is 24.9 Å². The van der Waals surface area contributed by atoms with Crippen LogP contribution in [0.1, 0.15) is 0 Å². The van der Waals surface area contributed by atoms with Gasteiger partial charge in [0.15, 0.2) is 11.0 Å². The molecule has 2 heterocycles. The molecule has 0 spiro atoms. The van der Waals surface area contributed by atoms with Crippen LogP contribution in [0.4, 0.5) is 11.4 Å². The molecule has 2 aromatic heterocycles. The van der Waals surface area contributed by atoms with Crippen molar-refractivity contribution < 1.29 is 9.72 Å². The first-order valence-corrected chi connectivity index (χ1v) is 9.68. The molecule has 29 heavy (non-hydrogen) atoms. The van der Waals surface area contributed by atoms with Crippen molar-refractivity contribution in [3.05, 3.63) is 70.4 Å². The average Bonchev–Trinajstić information content (AvgIpc) is 3.11. The number of benzene rings is 1. The first-order chi connectivity index (χ1) is 14.0. The van der Waals surface area contributed by atoms with Gasteiger partial charge in [-0.1, -0.05) is 35.5 Å². The number of nitro benzene ring substituents is 1. The molecule has 3 rings (SSSR count). The van der Waals surface area contributed by atoms with Gasteiger partial charge < -0.3 is 5.32 Å². The third kappa shape index (κ3) is 4.98. The largest absolute Gasteiger partial charge is 0.324 e. The molecule has 0 fully saturated rings. The van der Waals surface area contributed by atoms with E-state index in [9.17, 15) is 14.9 Å². The minimum absolute atomic E-state index is 0.0104. The minimum atomic E-state index is -0.558. The maximum absolute atomic E-state index is 12.3. The van der Waals surface area contributed by atoms with Crippen LogP contribution in [-0.2, 0) is 11.3 Å². The Kier molecular flexibility index (Phi) is 6.57. The maximum Gasteiger partial charge on any atom is 0.271 e. The number of hydrogen-bond donors (Lipinski definition) is 1. The van der Waals surface area contributed by atoms with E-state index in [0.717, 1.165) is 0 Å². The standard InChI is InChI=1S/C18H15ClN6O3S/c1-2-9-24-17(14-5-3-4-8-20-14)22-23-18(24)29-11-16(26)21-15-10-12(25(27)28)6-7-13(15)19/h2-8,10H,1,9,11H2,(H,21,26). The Bertz CT molecular complexity index is 1060. The van der Waals surface area contributed by atoms with E-state index in [1.54, 1.807) is 22.9 Å². The Morgan fingerprint density at radius 2 is 2.17 bits per heavy atom. The minimum Gasteiger partial charge on any atom is -0.324 e. The summed E-state index contributed by atoms with van der Waals surface area (Å²) in [5, 5.41) is 22.5. The third-order valence-electron chi connectivity index (χ3n) is 3.69. The predicted molar refractivity (Wildman–Crippen MR) is 111 cm³/mol. The molecule has 3 aromatic rings. The summed E-state index contributed by atoms with van der Waals surface area (Å²) in [7, 11) is 0. The summed E-state index contributed by atoms with van der Waals surface area (Å²) in [6.07, 6.45) is 3.36. The monoisotopic (exact) mass is 430 g/mol. The molecule has 1 amide bonds. The van der Waals surface area contributed by atoms with Crippen LogP contribution in [-0.4, -0.2) is 36.3 Å². The molecule has 148 valence electrons. The fourth-order valence-corrected chi connectivity index (χ4v) is 3.33. The highest BCUT2D eigenvalue weighted by molar-refractivity contribution is 7.99. The lowest BCUT2D eigenvalue weighted by atomic mass is 10.3. The van der Waals surface area contributed by atoms with Crippen molar-refractivity contribution in [2.75, 3.05) is 11.1 Å². The molecule has 11 heteroatoms. The second kappa shape index (κ2) is 9.30.